The zero-order valence-corrected chi connectivity index (χ0v) is 13.3. The zero-order chi connectivity index (χ0) is 15.3. The average Bonchev–Trinajstić information content (AvgIpc) is 2.41. The van der Waals surface area contributed by atoms with Gasteiger partial charge in [0.25, 0.3) is 0 Å². The normalized spacial score (nSPS) is 13.7. The van der Waals surface area contributed by atoms with E-state index >= 15 is 0 Å². The molecule has 0 heterocycles. The Hall–Kier alpha value is -0.980. The van der Waals surface area contributed by atoms with Gasteiger partial charge in [0.1, 0.15) is 5.82 Å². The monoisotopic (exact) mass is 302 g/mol. The second kappa shape index (κ2) is 7.15. The molecular formula is C14H23FN2O2S. The summed E-state index contributed by atoms with van der Waals surface area (Å²) in [5.41, 5.74) is 0.324. The molecule has 4 nitrogen and oxygen atoms in total. The highest BCUT2D eigenvalue weighted by molar-refractivity contribution is 7.89. The van der Waals surface area contributed by atoms with Crippen LogP contribution in [0.4, 0.5) is 4.39 Å². The Morgan fingerprint density at radius 3 is 2.40 bits per heavy atom. The molecule has 0 spiro atoms. The van der Waals surface area contributed by atoms with E-state index in [9.17, 15) is 12.8 Å². The first-order chi connectivity index (χ1) is 9.31. The molecule has 0 aliphatic rings. The van der Waals surface area contributed by atoms with Crippen LogP contribution in [-0.2, 0) is 10.0 Å². The second-order valence-electron chi connectivity index (χ2n) is 4.83. The second-order valence-corrected chi connectivity index (χ2v) is 6.60. The van der Waals surface area contributed by atoms with Gasteiger partial charge in [0, 0.05) is 12.6 Å². The van der Waals surface area contributed by atoms with Crippen LogP contribution in [0.3, 0.4) is 0 Å². The lowest BCUT2D eigenvalue weighted by molar-refractivity contribution is 0.232. The van der Waals surface area contributed by atoms with Crippen molar-refractivity contribution >= 4 is 10.0 Å². The van der Waals surface area contributed by atoms with E-state index in [1.165, 1.54) is 18.2 Å². The van der Waals surface area contributed by atoms with Gasteiger partial charge < -0.3 is 0 Å². The summed E-state index contributed by atoms with van der Waals surface area (Å²) in [6, 6.07) is 3.92. The first-order valence-electron chi connectivity index (χ1n) is 6.81. The number of halogens is 1. The van der Waals surface area contributed by atoms with Crippen molar-refractivity contribution < 1.29 is 12.8 Å². The van der Waals surface area contributed by atoms with Crippen molar-refractivity contribution in [1.29, 1.82) is 0 Å². The van der Waals surface area contributed by atoms with Crippen LogP contribution in [0.5, 0.6) is 0 Å². The van der Waals surface area contributed by atoms with E-state index in [4.69, 9.17) is 0 Å². The first kappa shape index (κ1) is 17.1. The van der Waals surface area contributed by atoms with Crippen molar-refractivity contribution in [2.45, 2.75) is 38.6 Å². The minimum absolute atomic E-state index is 0.100. The Balaban J connectivity index is 2.77. The van der Waals surface area contributed by atoms with Crippen molar-refractivity contribution in [3.05, 3.63) is 29.6 Å². The third-order valence-electron chi connectivity index (χ3n) is 3.44. The molecule has 0 fully saturated rings. The molecule has 0 amide bonds. The van der Waals surface area contributed by atoms with Crippen LogP contribution in [0.25, 0.3) is 0 Å². The zero-order valence-electron chi connectivity index (χ0n) is 12.5. The van der Waals surface area contributed by atoms with E-state index in [2.05, 4.69) is 9.62 Å². The van der Waals surface area contributed by atoms with Crippen LogP contribution in [0, 0.1) is 12.7 Å². The van der Waals surface area contributed by atoms with Gasteiger partial charge >= 0.3 is 0 Å². The minimum atomic E-state index is -3.59. The molecule has 6 heteroatoms. The van der Waals surface area contributed by atoms with Crippen molar-refractivity contribution in [3.8, 4) is 0 Å². The van der Waals surface area contributed by atoms with Crippen LogP contribution >= 0.6 is 0 Å². The molecule has 0 aliphatic carbocycles. The SMILES string of the molecule is CCN(CC)C(C)CNS(=O)(=O)c1ccc(F)c(C)c1. The number of hydrogen-bond acceptors (Lipinski definition) is 3. The Bertz CT molecular complexity index is 542. The number of sulfonamides is 1. The fraction of sp³-hybridized carbons (Fsp3) is 0.571. The summed E-state index contributed by atoms with van der Waals surface area (Å²) in [6.07, 6.45) is 0. The summed E-state index contributed by atoms with van der Waals surface area (Å²) in [5.74, 6) is -0.402. The number of nitrogens with one attached hydrogen (secondary N) is 1. The van der Waals surface area contributed by atoms with Gasteiger partial charge in [-0.1, -0.05) is 13.8 Å². The van der Waals surface area contributed by atoms with E-state index in [1.807, 2.05) is 20.8 Å². The van der Waals surface area contributed by atoms with Gasteiger partial charge in [-0.2, -0.15) is 0 Å². The van der Waals surface area contributed by atoms with Gasteiger partial charge in [-0.15, -0.1) is 0 Å². The van der Waals surface area contributed by atoms with Crippen molar-refractivity contribution in [3.63, 3.8) is 0 Å². The summed E-state index contributed by atoms with van der Waals surface area (Å²) in [6.45, 7) is 9.68. The number of aryl methyl sites for hydroxylation is 1. The van der Waals surface area contributed by atoms with Gasteiger partial charge in [-0.05, 0) is 50.7 Å². The minimum Gasteiger partial charge on any atom is -0.300 e. The molecule has 1 aromatic carbocycles. The molecule has 0 aromatic heterocycles. The molecule has 0 saturated heterocycles. The Morgan fingerprint density at radius 1 is 1.30 bits per heavy atom. The number of benzene rings is 1. The fourth-order valence-electron chi connectivity index (χ4n) is 2.07. The lowest BCUT2D eigenvalue weighted by Crippen LogP contribution is -2.41. The average molecular weight is 302 g/mol. The van der Waals surface area contributed by atoms with Crippen LogP contribution in [0.1, 0.15) is 26.3 Å². The molecule has 0 bridgehead atoms. The standard InChI is InChI=1S/C14H23FN2O2S/c1-5-17(6-2)12(4)10-16-20(18,19)13-7-8-14(15)11(3)9-13/h7-9,12,16H,5-6,10H2,1-4H3. The van der Waals surface area contributed by atoms with E-state index in [0.717, 1.165) is 13.1 Å². The predicted molar refractivity (Wildman–Crippen MR) is 78.7 cm³/mol. The van der Waals surface area contributed by atoms with E-state index in [-0.39, 0.29) is 10.9 Å². The molecule has 0 aliphatic heterocycles. The lowest BCUT2D eigenvalue weighted by Gasteiger charge is -2.26. The number of rotatable bonds is 7. The smallest absolute Gasteiger partial charge is 0.240 e. The number of nitrogens with zero attached hydrogens (tertiary/aromatic N) is 1. The molecule has 1 N–H and O–H groups in total. The summed E-state index contributed by atoms with van der Waals surface area (Å²) in [5, 5.41) is 0. The first-order valence-corrected chi connectivity index (χ1v) is 8.30. The van der Waals surface area contributed by atoms with Gasteiger partial charge in [0.05, 0.1) is 4.90 Å². The van der Waals surface area contributed by atoms with Gasteiger partial charge in [0.15, 0.2) is 0 Å². The van der Waals surface area contributed by atoms with Crippen LogP contribution in [0.2, 0.25) is 0 Å². The van der Waals surface area contributed by atoms with Crippen LogP contribution in [0.15, 0.2) is 23.1 Å². The van der Waals surface area contributed by atoms with Crippen LogP contribution in [-0.4, -0.2) is 39.0 Å². The van der Waals surface area contributed by atoms with Crippen LogP contribution < -0.4 is 4.72 Å². The summed E-state index contributed by atoms with van der Waals surface area (Å²) in [4.78, 5) is 2.27. The highest BCUT2D eigenvalue weighted by Gasteiger charge is 2.18. The van der Waals surface area contributed by atoms with Crippen molar-refractivity contribution in [1.82, 2.24) is 9.62 Å². The maximum atomic E-state index is 13.2. The number of likely N-dealkylation sites (N-methyl/N-ethyl adjacent to an activating group) is 1. The quantitative estimate of drug-likeness (QED) is 0.839. The Kier molecular flexibility index (Phi) is 6.10. The third-order valence-corrected chi connectivity index (χ3v) is 4.87. The van der Waals surface area contributed by atoms with Gasteiger partial charge in [0.2, 0.25) is 10.0 Å². The predicted octanol–water partition coefficient (Wildman–Crippen LogP) is 2.14. The van der Waals surface area contributed by atoms with Crippen molar-refractivity contribution in [2.24, 2.45) is 0 Å². The molecule has 0 saturated carbocycles. The van der Waals surface area contributed by atoms with E-state index in [0.29, 0.717) is 12.1 Å². The molecule has 1 unspecified atom stereocenters. The molecule has 1 aromatic rings. The molecule has 114 valence electrons. The largest absolute Gasteiger partial charge is 0.300 e. The third kappa shape index (κ3) is 4.26. The summed E-state index contributed by atoms with van der Waals surface area (Å²) >= 11 is 0. The molecule has 1 atom stereocenters. The molecule has 0 radical (unpaired) electrons. The van der Waals surface area contributed by atoms with Crippen molar-refractivity contribution in [2.75, 3.05) is 19.6 Å². The highest BCUT2D eigenvalue weighted by atomic mass is 32.2. The molecular weight excluding hydrogens is 279 g/mol. The summed E-state index contributed by atoms with van der Waals surface area (Å²) in [7, 11) is -3.59. The summed E-state index contributed by atoms with van der Waals surface area (Å²) < 4.78 is 40.1. The maximum Gasteiger partial charge on any atom is 0.240 e. The fourth-order valence-corrected chi connectivity index (χ4v) is 3.28. The molecule has 20 heavy (non-hydrogen) atoms. The van der Waals surface area contributed by atoms with Gasteiger partial charge in [-0.3, -0.25) is 4.90 Å². The van der Waals surface area contributed by atoms with E-state index < -0.39 is 15.8 Å². The number of hydrogen-bond donors (Lipinski definition) is 1. The molecule has 1 rings (SSSR count). The van der Waals surface area contributed by atoms with Gasteiger partial charge in [-0.25, -0.2) is 17.5 Å². The maximum absolute atomic E-state index is 13.2. The topological polar surface area (TPSA) is 49.4 Å². The Labute approximate surface area is 121 Å². The highest BCUT2D eigenvalue weighted by Crippen LogP contribution is 2.14. The lowest BCUT2D eigenvalue weighted by atomic mass is 10.2. The Morgan fingerprint density at radius 2 is 1.90 bits per heavy atom. The van der Waals surface area contributed by atoms with E-state index in [1.54, 1.807) is 6.92 Å².